The molecule has 3 rings (SSSR count). The number of non-ortho nitro benzene ring substituents is 1. The fraction of sp³-hybridized carbons (Fsp3) is 0.0667. The van der Waals surface area contributed by atoms with Crippen LogP contribution in [-0.4, -0.2) is 15.8 Å². The van der Waals surface area contributed by atoms with Gasteiger partial charge in [0.1, 0.15) is 0 Å². The molecule has 0 aliphatic heterocycles. The van der Waals surface area contributed by atoms with E-state index in [1.165, 1.54) is 23.5 Å². The van der Waals surface area contributed by atoms with Crippen molar-refractivity contribution in [3.8, 4) is 0 Å². The second kappa shape index (κ2) is 6.31. The standard InChI is InChI=1S/C15H10ClN3O3S/c16-10-3-1-9(2-4-10)7-14(20)18-15-17-12-6-5-11(19(21)22)8-13(12)23-15/h1-6,8H,7H2,(H,17,18,20). The van der Waals surface area contributed by atoms with Crippen LogP contribution < -0.4 is 5.32 Å². The zero-order valence-electron chi connectivity index (χ0n) is 11.7. The number of anilines is 1. The first kappa shape index (κ1) is 15.4. The maximum absolute atomic E-state index is 12.0. The molecule has 0 unspecified atom stereocenters. The summed E-state index contributed by atoms with van der Waals surface area (Å²) in [5.41, 5.74) is 1.45. The van der Waals surface area contributed by atoms with E-state index >= 15 is 0 Å². The number of aromatic nitrogens is 1. The van der Waals surface area contributed by atoms with Crippen LogP contribution in [0.25, 0.3) is 10.2 Å². The fourth-order valence-corrected chi connectivity index (χ4v) is 3.07. The molecule has 0 aliphatic rings. The third kappa shape index (κ3) is 3.64. The van der Waals surface area contributed by atoms with E-state index in [0.717, 1.165) is 5.56 Å². The van der Waals surface area contributed by atoms with E-state index in [4.69, 9.17) is 11.6 Å². The monoisotopic (exact) mass is 347 g/mol. The smallest absolute Gasteiger partial charge is 0.270 e. The van der Waals surface area contributed by atoms with Gasteiger partial charge in [0, 0.05) is 17.2 Å². The van der Waals surface area contributed by atoms with Gasteiger partial charge in [0.2, 0.25) is 5.91 Å². The molecule has 116 valence electrons. The summed E-state index contributed by atoms with van der Waals surface area (Å²) < 4.78 is 0.654. The lowest BCUT2D eigenvalue weighted by molar-refractivity contribution is -0.384. The Morgan fingerprint density at radius 3 is 2.70 bits per heavy atom. The van der Waals surface area contributed by atoms with Crippen molar-refractivity contribution < 1.29 is 9.72 Å². The summed E-state index contributed by atoms with van der Waals surface area (Å²) in [5.74, 6) is -0.208. The number of carbonyl (C=O) groups excluding carboxylic acids is 1. The Morgan fingerprint density at radius 2 is 2.00 bits per heavy atom. The van der Waals surface area contributed by atoms with Gasteiger partial charge in [-0.05, 0) is 23.8 Å². The molecule has 0 aliphatic carbocycles. The van der Waals surface area contributed by atoms with Crippen molar-refractivity contribution in [1.82, 2.24) is 4.98 Å². The van der Waals surface area contributed by atoms with Gasteiger partial charge in [-0.25, -0.2) is 4.98 Å². The molecule has 8 heteroatoms. The van der Waals surface area contributed by atoms with Gasteiger partial charge in [0.05, 0.1) is 21.6 Å². The summed E-state index contributed by atoms with van der Waals surface area (Å²) in [4.78, 5) is 26.6. The quantitative estimate of drug-likeness (QED) is 0.570. The number of nitro groups is 1. The number of nitro benzene ring substituents is 1. The number of benzene rings is 2. The molecule has 3 aromatic rings. The Kier molecular flexibility index (Phi) is 4.22. The van der Waals surface area contributed by atoms with Gasteiger partial charge in [-0.15, -0.1) is 0 Å². The van der Waals surface area contributed by atoms with E-state index in [1.807, 2.05) is 0 Å². The van der Waals surface area contributed by atoms with Crippen LogP contribution in [-0.2, 0) is 11.2 Å². The fourth-order valence-electron chi connectivity index (χ4n) is 2.03. The molecule has 0 bridgehead atoms. The van der Waals surface area contributed by atoms with E-state index in [1.54, 1.807) is 30.3 Å². The maximum Gasteiger partial charge on any atom is 0.270 e. The van der Waals surface area contributed by atoms with Crippen molar-refractivity contribution >= 4 is 49.9 Å². The normalized spacial score (nSPS) is 10.7. The molecule has 0 radical (unpaired) electrons. The van der Waals surface area contributed by atoms with Crippen LogP contribution in [0.1, 0.15) is 5.56 Å². The van der Waals surface area contributed by atoms with Crippen LogP contribution >= 0.6 is 22.9 Å². The number of amides is 1. The first-order valence-corrected chi connectivity index (χ1v) is 7.80. The predicted octanol–water partition coefficient (Wildman–Crippen LogP) is 4.04. The summed E-state index contributed by atoms with van der Waals surface area (Å²) in [6, 6.07) is 11.4. The number of carbonyl (C=O) groups is 1. The van der Waals surface area contributed by atoms with Crippen molar-refractivity contribution in [2.24, 2.45) is 0 Å². The predicted molar refractivity (Wildman–Crippen MR) is 90.1 cm³/mol. The molecule has 0 atom stereocenters. The molecule has 0 fully saturated rings. The maximum atomic E-state index is 12.0. The van der Waals surface area contributed by atoms with Gasteiger partial charge in [0.15, 0.2) is 5.13 Å². The molecule has 1 amide bonds. The molecule has 1 heterocycles. The highest BCUT2D eigenvalue weighted by atomic mass is 35.5. The summed E-state index contributed by atoms with van der Waals surface area (Å²) in [6.07, 6.45) is 0.202. The van der Waals surface area contributed by atoms with Crippen LogP contribution in [0.15, 0.2) is 42.5 Å². The van der Waals surface area contributed by atoms with Crippen molar-refractivity contribution in [1.29, 1.82) is 0 Å². The largest absolute Gasteiger partial charge is 0.302 e. The number of fused-ring (bicyclic) bond motifs is 1. The molecule has 1 N–H and O–H groups in total. The van der Waals surface area contributed by atoms with Gasteiger partial charge in [-0.1, -0.05) is 35.1 Å². The average molecular weight is 348 g/mol. The number of hydrogen-bond donors (Lipinski definition) is 1. The summed E-state index contributed by atoms with van der Waals surface area (Å²) in [6.45, 7) is 0. The van der Waals surface area contributed by atoms with Crippen LogP contribution in [0.3, 0.4) is 0 Å². The van der Waals surface area contributed by atoms with Crippen molar-refractivity contribution in [3.05, 3.63) is 63.2 Å². The van der Waals surface area contributed by atoms with Gasteiger partial charge < -0.3 is 5.32 Å². The number of nitrogens with zero attached hydrogens (tertiary/aromatic N) is 2. The lowest BCUT2D eigenvalue weighted by Crippen LogP contribution is -2.14. The van der Waals surface area contributed by atoms with Crippen LogP contribution in [0.2, 0.25) is 5.02 Å². The minimum atomic E-state index is -0.460. The Labute approximate surface area is 139 Å². The third-order valence-electron chi connectivity index (χ3n) is 3.11. The molecule has 23 heavy (non-hydrogen) atoms. The van der Waals surface area contributed by atoms with E-state index in [0.29, 0.717) is 20.4 Å². The highest BCUT2D eigenvalue weighted by Gasteiger charge is 2.12. The van der Waals surface area contributed by atoms with Gasteiger partial charge in [-0.3, -0.25) is 14.9 Å². The van der Waals surface area contributed by atoms with Gasteiger partial charge in [-0.2, -0.15) is 0 Å². The number of halogens is 1. The summed E-state index contributed by atoms with van der Waals surface area (Å²) in [5, 5.41) is 14.5. The highest BCUT2D eigenvalue weighted by molar-refractivity contribution is 7.22. The molecular formula is C15H10ClN3O3S. The zero-order valence-corrected chi connectivity index (χ0v) is 13.2. The summed E-state index contributed by atoms with van der Waals surface area (Å²) in [7, 11) is 0. The van der Waals surface area contributed by atoms with Gasteiger partial charge >= 0.3 is 0 Å². The number of hydrogen-bond acceptors (Lipinski definition) is 5. The molecular weight excluding hydrogens is 338 g/mol. The Balaban J connectivity index is 1.74. The molecule has 0 saturated carbocycles. The second-order valence-corrected chi connectivity index (χ2v) is 6.25. The molecule has 0 spiro atoms. The Hall–Kier alpha value is -2.51. The molecule has 2 aromatic carbocycles. The summed E-state index contributed by atoms with van der Waals surface area (Å²) >= 11 is 7.00. The lowest BCUT2D eigenvalue weighted by atomic mass is 10.1. The number of nitrogens with one attached hydrogen (secondary N) is 1. The van der Waals surface area contributed by atoms with E-state index in [-0.39, 0.29) is 18.0 Å². The average Bonchev–Trinajstić information content (AvgIpc) is 2.90. The minimum Gasteiger partial charge on any atom is -0.302 e. The SMILES string of the molecule is O=C(Cc1ccc(Cl)cc1)Nc1nc2ccc([N+](=O)[O-])cc2s1. The number of rotatable bonds is 4. The van der Waals surface area contributed by atoms with E-state index in [2.05, 4.69) is 10.3 Å². The lowest BCUT2D eigenvalue weighted by Gasteiger charge is -2.01. The number of thiazole rings is 1. The third-order valence-corrected chi connectivity index (χ3v) is 4.29. The topological polar surface area (TPSA) is 85.1 Å². The van der Waals surface area contributed by atoms with E-state index in [9.17, 15) is 14.9 Å². The Bertz CT molecular complexity index is 893. The first-order valence-electron chi connectivity index (χ1n) is 6.60. The van der Waals surface area contributed by atoms with Crippen LogP contribution in [0.5, 0.6) is 0 Å². The second-order valence-electron chi connectivity index (χ2n) is 4.78. The van der Waals surface area contributed by atoms with Crippen molar-refractivity contribution in [2.75, 3.05) is 5.32 Å². The highest BCUT2D eigenvalue weighted by Crippen LogP contribution is 2.29. The zero-order chi connectivity index (χ0) is 16.4. The molecule has 6 nitrogen and oxygen atoms in total. The van der Waals surface area contributed by atoms with Crippen molar-refractivity contribution in [3.63, 3.8) is 0 Å². The van der Waals surface area contributed by atoms with E-state index < -0.39 is 4.92 Å². The minimum absolute atomic E-state index is 0.000177. The van der Waals surface area contributed by atoms with Crippen molar-refractivity contribution in [2.45, 2.75) is 6.42 Å². The Morgan fingerprint density at radius 1 is 1.26 bits per heavy atom. The van der Waals surface area contributed by atoms with Crippen LogP contribution in [0, 0.1) is 10.1 Å². The van der Waals surface area contributed by atoms with Crippen LogP contribution in [0.4, 0.5) is 10.8 Å². The molecule has 1 aromatic heterocycles. The first-order chi connectivity index (χ1) is 11.0. The molecule has 0 saturated heterocycles. The van der Waals surface area contributed by atoms with Gasteiger partial charge in [0.25, 0.3) is 5.69 Å².